The van der Waals surface area contributed by atoms with Crippen molar-refractivity contribution in [2.75, 3.05) is 0 Å². The lowest BCUT2D eigenvalue weighted by Crippen LogP contribution is -2.02. The third-order valence-corrected chi connectivity index (χ3v) is 9.23. The van der Waals surface area contributed by atoms with E-state index in [1.807, 2.05) is 84.9 Å². The molecule has 0 spiro atoms. The minimum absolute atomic E-state index is 0.137. The summed E-state index contributed by atoms with van der Waals surface area (Å²) in [5.41, 5.74) is 2.82. The van der Waals surface area contributed by atoms with E-state index >= 15 is 0 Å². The quantitative estimate of drug-likeness (QED) is 0.165. The standard InChI is InChI=1S/C51H34N4/c1-4-13-35(14-5-1)37-23-25-38(26-24-37)39-27-29-42(30-28-39)50-52-49(41-17-8-3-9-18-41)53-51(54-50)46-21-12-20-45-44-19-10-11-22-47(44)55(48(45)46)43-33-31-40(32-34-43)36-15-6-2-7-16-36/h1-34H/i2D,6D,7D,10D,11D,12D,15D,16D,19D,20D,21D,31D,32D,33D,34D. The second kappa shape index (κ2) is 13.8. The Hall–Kier alpha value is -7.43. The maximum Gasteiger partial charge on any atom is 0.166 e. The number of rotatable bonds is 7. The summed E-state index contributed by atoms with van der Waals surface area (Å²) < 4.78 is 135. The van der Waals surface area contributed by atoms with Gasteiger partial charge in [0.05, 0.1) is 31.6 Å². The van der Waals surface area contributed by atoms with Crippen LogP contribution < -0.4 is 0 Å². The monoisotopic (exact) mass is 717 g/mol. The fourth-order valence-electron chi connectivity index (χ4n) is 6.57. The first-order chi connectivity index (χ1) is 33.5. The van der Waals surface area contributed by atoms with Gasteiger partial charge in [0.2, 0.25) is 0 Å². The van der Waals surface area contributed by atoms with Gasteiger partial charge in [-0.15, -0.1) is 0 Å². The summed E-state index contributed by atoms with van der Waals surface area (Å²) in [7, 11) is 0. The van der Waals surface area contributed by atoms with Gasteiger partial charge in [0.1, 0.15) is 0 Å². The molecule has 0 radical (unpaired) electrons. The molecule has 0 aliphatic heterocycles. The van der Waals surface area contributed by atoms with Crippen LogP contribution in [0.15, 0.2) is 206 Å². The second-order valence-electron chi connectivity index (χ2n) is 12.5. The number of para-hydroxylation sites is 2. The molecule has 0 saturated heterocycles. The summed E-state index contributed by atoms with van der Waals surface area (Å²) in [6.45, 7) is 0. The predicted molar refractivity (Wildman–Crippen MR) is 227 cm³/mol. The normalized spacial score (nSPS) is 15.1. The van der Waals surface area contributed by atoms with Crippen LogP contribution in [0.4, 0.5) is 0 Å². The maximum absolute atomic E-state index is 9.51. The summed E-state index contributed by atoms with van der Waals surface area (Å²) >= 11 is 0. The molecule has 8 aromatic carbocycles. The van der Waals surface area contributed by atoms with Crippen molar-refractivity contribution >= 4 is 21.8 Å². The Morgan fingerprint density at radius 3 is 1.47 bits per heavy atom. The van der Waals surface area contributed by atoms with E-state index < -0.39 is 107 Å². The van der Waals surface area contributed by atoms with Gasteiger partial charge < -0.3 is 4.57 Å². The van der Waals surface area contributed by atoms with E-state index in [1.54, 1.807) is 24.3 Å². The van der Waals surface area contributed by atoms with Crippen LogP contribution >= 0.6 is 0 Å². The van der Waals surface area contributed by atoms with E-state index in [0.717, 1.165) is 32.9 Å². The first-order valence-electron chi connectivity index (χ1n) is 24.8. The Morgan fingerprint density at radius 1 is 0.345 bits per heavy atom. The minimum Gasteiger partial charge on any atom is -0.308 e. The number of hydrogen-bond acceptors (Lipinski definition) is 3. The average Bonchev–Trinajstić information content (AvgIpc) is 3.70. The fourth-order valence-corrected chi connectivity index (χ4v) is 6.57. The minimum atomic E-state index is -0.806. The van der Waals surface area contributed by atoms with Crippen molar-refractivity contribution in [3.63, 3.8) is 0 Å². The molecular formula is C51H34N4. The molecule has 55 heavy (non-hydrogen) atoms. The average molecular weight is 718 g/mol. The number of aromatic nitrogens is 4. The lowest BCUT2D eigenvalue weighted by molar-refractivity contribution is 1.07. The van der Waals surface area contributed by atoms with Crippen molar-refractivity contribution in [3.8, 4) is 73.2 Å². The highest BCUT2D eigenvalue weighted by molar-refractivity contribution is 6.13. The van der Waals surface area contributed by atoms with Crippen molar-refractivity contribution in [2.24, 2.45) is 0 Å². The molecule has 0 aliphatic rings. The van der Waals surface area contributed by atoms with Crippen LogP contribution in [0.2, 0.25) is 0 Å². The molecule has 4 nitrogen and oxygen atoms in total. The van der Waals surface area contributed by atoms with Gasteiger partial charge >= 0.3 is 0 Å². The van der Waals surface area contributed by atoms with Gasteiger partial charge in [-0.3, -0.25) is 0 Å². The van der Waals surface area contributed by atoms with Crippen LogP contribution in [0, 0.1) is 0 Å². The first kappa shape index (κ1) is 20.1. The van der Waals surface area contributed by atoms with Crippen molar-refractivity contribution in [1.82, 2.24) is 19.5 Å². The highest BCUT2D eigenvalue weighted by Gasteiger charge is 2.20. The molecule has 4 heteroatoms. The molecule has 0 fully saturated rings. The summed E-state index contributed by atoms with van der Waals surface area (Å²) in [4.78, 5) is 14.6. The highest BCUT2D eigenvalue weighted by Crippen LogP contribution is 2.38. The van der Waals surface area contributed by atoms with Crippen LogP contribution in [0.5, 0.6) is 0 Å². The Kier molecular flexibility index (Phi) is 5.07. The Bertz CT molecular complexity index is 3750. The third-order valence-electron chi connectivity index (χ3n) is 9.23. The van der Waals surface area contributed by atoms with Gasteiger partial charge in [-0.25, -0.2) is 15.0 Å². The largest absolute Gasteiger partial charge is 0.308 e. The van der Waals surface area contributed by atoms with Crippen LogP contribution in [-0.2, 0) is 0 Å². The molecular weight excluding hydrogens is 669 g/mol. The zero-order valence-corrected chi connectivity index (χ0v) is 28.8. The van der Waals surface area contributed by atoms with Gasteiger partial charge in [0.15, 0.2) is 17.5 Å². The Balaban J connectivity index is 1.25. The summed E-state index contributed by atoms with van der Waals surface area (Å²) in [6.07, 6.45) is 0. The second-order valence-corrected chi connectivity index (χ2v) is 12.5. The van der Waals surface area contributed by atoms with Gasteiger partial charge in [-0.1, -0.05) is 182 Å². The lowest BCUT2D eigenvalue weighted by Gasteiger charge is -2.13. The zero-order chi connectivity index (χ0) is 49.6. The summed E-state index contributed by atoms with van der Waals surface area (Å²) in [5.74, 6) is 0.0849. The molecule has 0 amide bonds. The summed E-state index contributed by atoms with van der Waals surface area (Å²) in [5, 5.41) is -0.353. The first-order valence-corrected chi connectivity index (χ1v) is 17.3. The molecule has 0 N–H and O–H groups in total. The maximum atomic E-state index is 9.51. The van der Waals surface area contributed by atoms with E-state index in [1.165, 1.54) is 0 Å². The third kappa shape index (κ3) is 6.06. The van der Waals surface area contributed by atoms with Gasteiger partial charge in [-0.2, -0.15) is 0 Å². The van der Waals surface area contributed by atoms with Gasteiger partial charge in [-0.05, 0) is 57.6 Å². The van der Waals surface area contributed by atoms with Crippen LogP contribution in [0.25, 0.3) is 95.0 Å². The van der Waals surface area contributed by atoms with Crippen LogP contribution in [0.3, 0.4) is 0 Å². The zero-order valence-electron chi connectivity index (χ0n) is 43.8. The van der Waals surface area contributed by atoms with Gasteiger partial charge in [0.25, 0.3) is 0 Å². The van der Waals surface area contributed by atoms with Crippen molar-refractivity contribution in [3.05, 3.63) is 206 Å². The molecule has 10 rings (SSSR count). The Morgan fingerprint density at radius 2 is 0.836 bits per heavy atom. The smallest absolute Gasteiger partial charge is 0.166 e. The lowest BCUT2D eigenvalue weighted by atomic mass is 9.99. The van der Waals surface area contributed by atoms with Gasteiger partial charge in [0, 0.05) is 33.2 Å². The molecule has 0 aliphatic carbocycles. The van der Waals surface area contributed by atoms with Crippen molar-refractivity contribution in [1.29, 1.82) is 0 Å². The van der Waals surface area contributed by atoms with E-state index in [0.29, 0.717) is 11.1 Å². The highest BCUT2D eigenvalue weighted by atomic mass is 15.0. The van der Waals surface area contributed by atoms with E-state index in [-0.39, 0.29) is 44.8 Å². The number of hydrogen-bond donors (Lipinski definition) is 0. The fraction of sp³-hybridized carbons (Fsp3) is 0. The Labute approximate surface area is 340 Å². The predicted octanol–water partition coefficient (Wildman–Crippen LogP) is 13.0. The van der Waals surface area contributed by atoms with Crippen molar-refractivity contribution in [2.45, 2.75) is 0 Å². The number of nitrogens with zero attached hydrogens (tertiary/aromatic N) is 4. The van der Waals surface area contributed by atoms with E-state index in [4.69, 9.17) is 27.3 Å². The van der Waals surface area contributed by atoms with E-state index in [2.05, 4.69) is 0 Å². The van der Waals surface area contributed by atoms with E-state index in [9.17, 15) is 8.22 Å². The molecule has 0 bridgehead atoms. The van der Waals surface area contributed by atoms with Crippen LogP contribution in [0.1, 0.15) is 20.6 Å². The molecule has 0 saturated carbocycles. The molecule has 2 heterocycles. The SMILES string of the molecule is [2H]c1cc2c(c([2H])c1[2H])c1c([2H])c([2H])c([2H])c(-c3nc(-c4ccccc4)nc(-c4ccc(-c5ccc(-c6ccccc6)cc5)cc4)n3)c1n2-c1c([2H])c([2H])c(-c2c([2H])c([2H])c([2H])c([2H])c2[2H])c([2H])c1[2H]. The molecule has 258 valence electrons. The number of benzene rings is 8. The molecule has 0 atom stereocenters. The molecule has 10 aromatic rings. The number of fused-ring (bicyclic) bond motifs is 3. The van der Waals surface area contributed by atoms with Crippen LogP contribution in [-0.4, -0.2) is 19.5 Å². The summed E-state index contributed by atoms with van der Waals surface area (Å²) in [6, 6.07) is 25.4. The molecule has 2 aromatic heterocycles. The topological polar surface area (TPSA) is 43.6 Å². The molecule has 0 unspecified atom stereocenters. The van der Waals surface area contributed by atoms with Crippen molar-refractivity contribution < 1.29 is 20.6 Å².